The van der Waals surface area contributed by atoms with E-state index in [-0.39, 0.29) is 24.7 Å². The van der Waals surface area contributed by atoms with E-state index in [0.717, 1.165) is 0 Å². The zero-order chi connectivity index (χ0) is 26.7. The first-order valence-electron chi connectivity index (χ1n) is 9.69. The largest absolute Gasteiger partial charge is 0.756 e. The number of hydrogen-bond acceptors (Lipinski definition) is 14. The number of ether oxygens (including phenoxy) is 2. The number of anilines is 1. The molecule has 21 heteroatoms. The molecule has 0 aromatic carbocycles. The predicted octanol–water partition coefficient (Wildman–Crippen LogP) is -0.405. The number of phosphoric acid groups is 3. The molecule has 0 bridgehead atoms. The summed E-state index contributed by atoms with van der Waals surface area (Å²) in [5.41, 5.74) is 12.3. The van der Waals surface area contributed by atoms with Crippen molar-refractivity contribution in [2.24, 2.45) is 5.73 Å². The normalized spacial score (nSPS) is 25.0. The van der Waals surface area contributed by atoms with Crippen molar-refractivity contribution in [1.82, 2.24) is 14.5 Å². The number of nitrogens with zero attached hydrogens (tertiary/aromatic N) is 3. The maximum Gasteiger partial charge on any atom is 0.487 e. The third-order valence-corrected chi connectivity index (χ3v) is 8.48. The van der Waals surface area contributed by atoms with Gasteiger partial charge in [0.15, 0.2) is 0 Å². The van der Waals surface area contributed by atoms with Crippen molar-refractivity contribution in [2.45, 2.75) is 24.9 Å². The number of phosphoric ester groups is 1. The molecule has 36 heavy (non-hydrogen) atoms. The lowest BCUT2D eigenvalue weighted by Gasteiger charge is -2.22. The van der Waals surface area contributed by atoms with Crippen molar-refractivity contribution in [3.63, 3.8) is 0 Å². The molecule has 17 nitrogen and oxygen atoms in total. The zero-order valence-corrected chi connectivity index (χ0v) is 21.6. The highest BCUT2D eigenvalue weighted by Crippen LogP contribution is 2.65. The molecule has 0 aliphatic carbocycles. The van der Waals surface area contributed by atoms with E-state index >= 15 is 0 Å². The fraction of sp³-hybridized carbons (Fsp3) is 0.467. The molecule has 0 saturated carbocycles. The highest BCUT2D eigenvalue weighted by Gasteiger charge is 2.42. The monoisotopic (exact) mass is 588 g/mol. The van der Waals surface area contributed by atoms with Crippen molar-refractivity contribution in [2.75, 3.05) is 24.8 Å². The van der Waals surface area contributed by atoms with E-state index < -0.39 is 48.5 Å². The second-order valence-corrected chi connectivity index (χ2v) is 11.6. The SMILES string of the molecule is NCC#Cc1cn([C@H]2C[C@@H](OCS)[C@@H](COP(=O)(O)OP(=O)(O)OP(=O)([O-])O)O2)c2ncnc(N)c12. The van der Waals surface area contributed by atoms with Gasteiger partial charge in [-0.1, -0.05) is 11.8 Å². The van der Waals surface area contributed by atoms with E-state index in [0.29, 0.717) is 16.6 Å². The van der Waals surface area contributed by atoms with E-state index in [1.165, 1.54) is 6.33 Å². The first-order chi connectivity index (χ1) is 16.8. The van der Waals surface area contributed by atoms with Gasteiger partial charge in [0.2, 0.25) is 0 Å². The van der Waals surface area contributed by atoms with Crippen LogP contribution >= 0.6 is 36.1 Å². The Bertz CT molecular complexity index is 1310. The number of aromatic nitrogens is 3. The summed E-state index contributed by atoms with van der Waals surface area (Å²) in [6.07, 6.45) is 0.477. The Balaban J connectivity index is 1.80. The van der Waals surface area contributed by atoms with E-state index in [1.807, 2.05) is 0 Å². The van der Waals surface area contributed by atoms with Crippen LogP contribution in [0.3, 0.4) is 0 Å². The van der Waals surface area contributed by atoms with Crippen LogP contribution < -0.4 is 16.4 Å². The van der Waals surface area contributed by atoms with E-state index in [9.17, 15) is 28.4 Å². The molecule has 1 aliphatic rings. The van der Waals surface area contributed by atoms with Crippen LogP contribution in [0.2, 0.25) is 0 Å². The number of fused-ring (bicyclic) bond motifs is 1. The van der Waals surface area contributed by atoms with Gasteiger partial charge in [0.05, 0.1) is 36.1 Å². The Morgan fingerprint density at radius 1 is 1.25 bits per heavy atom. The van der Waals surface area contributed by atoms with Crippen molar-refractivity contribution in [1.29, 1.82) is 0 Å². The Kier molecular flexibility index (Phi) is 9.37. The maximum atomic E-state index is 12.1. The standard InChI is InChI=1S/C15H22N5O12P3S/c16-3-1-2-9-5-20(15-13(9)14(17)18-7-19-15)12-4-10(28-8-36)11(30-12)6-29-34(24,25)32-35(26,27)31-33(21,22)23/h5,7,10-12,36H,3-4,6,8,16H2,(H,24,25)(H,26,27)(H2,17,18,19)(H2,21,22,23)/p-1/t10-,11-,12-/m1/s1. The lowest BCUT2D eigenvalue weighted by atomic mass is 10.2. The minimum atomic E-state index is -5.77. The molecule has 3 unspecified atom stereocenters. The minimum absolute atomic E-state index is 0.0612. The Hall–Kier alpha value is -1.38. The summed E-state index contributed by atoms with van der Waals surface area (Å²) >= 11 is 4.00. The average molecular weight is 588 g/mol. The Labute approximate surface area is 208 Å². The van der Waals surface area contributed by atoms with Gasteiger partial charge in [-0.15, -0.1) is 0 Å². The molecular weight excluding hydrogens is 567 g/mol. The number of nitrogen functional groups attached to an aromatic ring is 1. The molecule has 2 aromatic rings. The molecule has 3 rings (SSSR count). The quantitative estimate of drug-likeness (QED) is 0.0892. The van der Waals surface area contributed by atoms with E-state index in [2.05, 4.69) is 47.6 Å². The first-order valence-corrected chi connectivity index (χ1v) is 14.8. The smallest absolute Gasteiger partial charge is 0.487 e. The van der Waals surface area contributed by atoms with Crippen LogP contribution in [0.4, 0.5) is 5.82 Å². The number of nitrogens with two attached hydrogens (primary N) is 2. The molecule has 0 amide bonds. The summed E-state index contributed by atoms with van der Waals surface area (Å²) in [6, 6.07) is 0. The second-order valence-electron chi connectivity index (χ2n) is 6.98. The molecule has 1 fully saturated rings. The zero-order valence-electron chi connectivity index (χ0n) is 18.0. The van der Waals surface area contributed by atoms with Gasteiger partial charge in [-0.3, -0.25) is 9.09 Å². The van der Waals surface area contributed by atoms with Gasteiger partial charge in [-0.25, -0.2) is 23.4 Å². The molecule has 1 aliphatic heterocycles. The van der Waals surface area contributed by atoms with Gasteiger partial charge in [-0.2, -0.15) is 16.9 Å². The van der Waals surface area contributed by atoms with Gasteiger partial charge in [0, 0.05) is 12.6 Å². The second kappa shape index (κ2) is 11.6. The Morgan fingerprint density at radius 2 is 1.97 bits per heavy atom. The minimum Gasteiger partial charge on any atom is -0.756 e. The molecular formula is C15H21N5O12P3S-. The fourth-order valence-corrected chi connectivity index (χ4v) is 6.52. The fourth-order valence-electron chi connectivity index (χ4n) is 3.33. The van der Waals surface area contributed by atoms with Crippen LogP contribution in [0.15, 0.2) is 12.5 Å². The molecule has 7 N–H and O–H groups in total. The molecule has 2 aromatic heterocycles. The summed E-state index contributed by atoms with van der Waals surface area (Å²) in [7, 11) is -16.9. The molecule has 6 atom stereocenters. The first kappa shape index (κ1) is 29.2. The number of hydrogen-bond donors (Lipinski definition) is 6. The van der Waals surface area contributed by atoms with Gasteiger partial charge >= 0.3 is 15.6 Å². The van der Waals surface area contributed by atoms with Crippen molar-refractivity contribution >= 4 is 52.9 Å². The predicted molar refractivity (Wildman–Crippen MR) is 123 cm³/mol. The molecule has 0 spiro atoms. The molecule has 200 valence electrons. The third-order valence-electron chi connectivity index (χ3n) is 4.56. The van der Waals surface area contributed by atoms with E-state index in [1.54, 1.807) is 10.8 Å². The summed E-state index contributed by atoms with van der Waals surface area (Å²) in [5, 5.41) is 0.458. The lowest BCUT2D eigenvalue weighted by Crippen LogP contribution is -2.28. The lowest BCUT2D eigenvalue weighted by molar-refractivity contribution is -0.212. The summed E-state index contributed by atoms with van der Waals surface area (Å²) in [5.74, 6) is 5.69. The van der Waals surface area contributed by atoms with Crippen LogP contribution in [0.1, 0.15) is 18.2 Å². The maximum absolute atomic E-state index is 12.1. The summed E-state index contributed by atoms with van der Waals surface area (Å²) in [6.45, 7) is -0.621. The van der Waals surface area contributed by atoms with Crippen LogP contribution in [0, 0.1) is 11.8 Å². The highest BCUT2D eigenvalue weighted by atomic mass is 32.1. The summed E-state index contributed by atoms with van der Waals surface area (Å²) in [4.78, 5) is 46.3. The van der Waals surface area contributed by atoms with E-state index in [4.69, 9.17) is 25.8 Å². The van der Waals surface area contributed by atoms with Crippen LogP contribution in [-0.2, 0) is 36.3 Å². The van der Waals surface area contributed by atoms with Crippen molar-refractivity contribution in [3.05, 3.63) is 18.1 Å². The molecule has 1 saturated heterocycles. The van der Waals surface area contributed by atoms with Crippen molar-refractivity contribution < 1.29 is 55.9 Å². The number of rotatable bonds is 10. The van der Waals surface area contributed by atoms with Crippen LogP contribution in [0.5, 0.6) is 0 Å². The summed E-state index contributed by atoms with van der Waals surface area (Å²) < 4.78 is 59.1. The topological polar surface area (TPSA) is 264 Å². The highest BCUT2D eigenvalue weighted by molar-refractivity contribution is 7.80. The van der Waals surface area contributed by atoms with Crippen LogP contribution in [-0.4, -0.2) is 60.5 Å². The van der Waals surface area contributed by atoms with Gasteiger partial charge in [0.25, 0.3) is 7.82 Å². The molecule has 0 radical (unpaired) electrons. The van der Waals surface area contributed by atoms with Crippen molar-refractivity contribution in [3.8, 4) is 11.8 Å². The average Bonchev–Trinajstić information content (AvgIpc) is 3.30. The third kappa shape index (κ3) is 7.57. The van der Waals surface area contributed by atoms with Gasteiger partial charge < -0.3 is 45.1 Å². The van der Waals surface area contributed by atoms with Gasteiger partial charge in [-0.05, 0) is 0 Å². The Morgan fingerprint density at radius 3 is 2.61 bits per heavy atom. The molecule has 3 heterocycles. The van der Waals surface area contributed by atoms with Gasteiger partial charge in [0.1, 0.15) is 30.1 Å². The number of thiol groups is 1. The van der Waals surface area contributed by atoms with Crippen LogP contribution in [0.25, 0.3) is 11.0 Å².